The van der Waals surface area contributed by atoms with Gasteiger partial charge in [-0.05, 0) is 56.9 Å². The molecule has 0 spiro atoms. The van der Waals surface area contributed by atoms with Crippen LogP contribution in [-0.4, -0.2) is 35.9 Å². The zero-order chi connectivity index (χ0) is 21.4. The first-order valence-corrected chi connectivity index (χ1v) is 10.2. The molecular weight excluding hydrogens is 364 g/mol. The van der Waals surface area contributed by atoms with Gasteiger partial charge in [-0.25, -0.2) is 0 Å². The number of likely N-dealkylation sites (N-methyl/N-ethyl adjacent to an activating group) is 1. The third-order valence-corrected chi connectivity index (χ3v) is 4.87. The Kier molecular flexibility index (Phi) is 8.25. The van der Waals surface area contributed by atoms with E-state index < -0.39 is 6.04 Å². The summed E-state index contributed by atoms with van der Waals surface area (Å²) in [6, 6.07) is 13.4. The highest BCUT2D eigenvalue weighted by Gasteiger charge is 2.28. The average molecular weight is 397 g/mol. The number of nitrogens with zero attached hydrogens (tertiary/aromatic N) is 1. The quantitative estimate of drug-likeness (QED) is 0.699. The second-order valence-electron chi connectivity index (χ2n) is 7.39. The van der Waals surface area contributed by atoms with Crippen molar-refractivity contribution in [1.82, 2.24) is 10.2 Å². The van der Waals surface area contributed by atoms with Gasteiger partial charge < -0.3 is 15.0 Å². The third-order valence-electron chi connectivity index (χ3n) is 4.87. The van der Waals surface area contributed by atoms with Crippen LogP contribution in [0.15, 0.2) is 42.5 Å². The minimum Gasteiger partial charge on any atom is -0.483 e. The Labute approximate surface area is 174 Å². The zero-order valence-corrected chi connectivity index (χ0v) is 18.1. The molecular formula is C24H32N2O3. The first-order chi connectivity index (χ1) is 13.8. The fourth-order valence-electron chi connectivity index (χ4n) is 3.30. The highest BCUT2D eigenvalue weighted by Crippen LogP contribution is 2.20. The number of benzene rings is 2. The Bertz CT molecular complexity index is 848. The second kappa shape index (κ2) is 10.6. The molecule has 0 radical (unpaired) electrons. The van der Waals surface area contributed by atoms with Crippen LogP contribution >= 0.6 is 0 Å². The smallest absolute Gasteiger partial charge is 0.261 e. The normalized spacial score (nSPS) is 11.6. The SMILES string of the molecule is CCNC(=O)[C@H](CC)N(Cc1cccc(C)c1)C(=O)COc1cc(C)ccc1C. The summed E-state index contributed by atoms with van der Waals surface area (Å²) in [5.74, 6) is 0.355. The number of ether oxygens (including phenoxy) is 1. The van der Waals surface area contributed by atoms with E-state index in [0.717, 1.165) is 22.3 Å². The van der Waals surface area contributed by atoms with Crippen LogP contribution in [0.1, 0.15) is 42.5 Å². The average Bonchev–Trinajstić information content (AvgIpc) is 2.68. The van der Waals surface area contributed by atoms with E-state index in [1.165, 1.54) is 0 Å². The van der Waals surface area contributed by atoms with Gasteiger partial charge >= 0.3 is 0 Å². The molecule has 1 atom stereocenters. The number of hydrogen-bond donors (Lipinski definition) is 1. The molecule has 0 heterocycles. The number of nitrogens with one attached hydrogen (secondary N) is 1. The van der Waals surface area contributed by atoms with Gasteiger partial charge in [0.25, 0.3) is 5.91 Å². The summed E-state index contributed by atoms with van der Waals surface area (Å²) in [4.78, 5) is 27.4. The van der Waals surface area contributed by atoms with E-state index in [9.17, 15) is 9.59 Å². The molecule has 0 fully saturated rings. The summed E-state index contributed by atoms with van der Waals surface area (Å²) in [7, 11) is 0. The van der Waals surface area contributed by atoms with Crippen molar-refractivity contribution < 1.29 is 14.3 Å². The number of hydrogen-bond acceptors (Lipinski definition) is 3. The fourth-order valence-corrected chi connectivity index (χ4v) is 3.30. The van der Waals surface area contributed by atoms with Crippen molar-refractivity contribution in [3.05, 3.63) is 64.7 Å². The van der Waals surface area contributed by atoms with E-state index in [-0.39, 0.29) is 18.4 Å². The van der Waals surface area contributed by atoms with Gasteiger partial charge in [0.15, 0.2) is 6.61 Å². The van der Waals surface area contributed by atoms with Gasteiger partial charge in [0.05, 0.1) is 0 Å². The highest BCUT2D eigenvalue weighted by atomic mass is 16.5. The largest absolute Gasteiger partial charge is 0.483 e. The molecule has 5 heteroatoms. The van der Waals surface area contributed by atoms with Crippen LogP contribution in [0.3, 0.4) is 0 Å². The van der Waals surface area contributed by atoms with Crippen molar-refractivity contribution in [2.45, 2.75) is 53.6 Å². The van der Waals surface area contributed by atoms with Gasteiger partial charge in [0, 0.05) is 13.1 Å². The van der Waals surface area contributed by atoms with Gasteiger partial charge in [0.1, 0.15) is 11.8 Å². The number of aryl methyl sites for hydroxylation is 3. The van der Waals surface area contributed by atoms with Crippen molar-refractivity contribution in [2.24, 2.45) is 0 Å². The summed E-state index contributed by atoms with van der Waals surface area (Å²) < 4.78 is 5.83. The van der Waals surface area contributed by atoms with Crippen LogP contribution in [-0.2, 0) is 16.1 Å². The molecule has 0 unspecified atom stereocenters. The van der Waals surface area contributed by atoms with E-state index in [4.69, 9.17) is 4.74 Å². The first kappa shape index (κ1) is 22.5. The van der Waals surface area contributed by atoms with Gasteiger partial charge in [-0.1, -0.05) is 48.9 Å². The van der Waals surface area contributed by atoms with Crippen LogP contribution in [0, 0.1) is 20.8 Å². The van der Waals surface area contributed by atoms with Gasteiger partial charge in [-0.15, -0.1) is 0 Å². The maximum atomic E-state index is 13.1. The van der Waals surface area contributed by atoms with Crippen molar-refractivity contribution in [3.8, 4) is 5.75 Å². The summed E-state index contributed by atoms with van der Waals surface area (Å²) in [6.07, 6.45) is 0.535. The lowest BCUT2D eigenvalue weighted by atomic mass is 10.1. The first-order valence-electron chi connectivity index (χ1n) is 10.2. The minimum atomic E-state index is -0.537. The highest BCUT2D eigenvalue weighted by molar-refractivity contribution is 5.88. The Morgan fingerprint density at radius 2 is 1.76 bits per heavy atom. The molecule has 0 bridgehead atoms. The summed E-state index contributed by atoms with van der Waals surface area (Å²) >= 11 is 0. The van der Waals surface area contributed by atoms with E-state index in [1.54, 1.807) is 4.90 Å². The Balaban J connectivity index is 2.23. The fraction of sp³-hybridized carbons (Fsp3) is 0.417. The lowest BCUT2D eigenvalue weighted by Crippen LogP contribution is -2.50. The summed E-state index contributed by atoms with van der Waals surface area (Å²) in [5, 5.41) is 2.85. The van der Waals surface area contributed by atoms with Gasteiger partial charge in [0.2, 0.25) is 5.91 Å². The van der Waals surface area contributed by atoms with Crippen molar-refractivity contribution in [2.75, 3.05) is 13.2 Å². The lowest BCUT2D eigenvalue weighted by Gasteiger charge is -2.30. The van der Waals surface area contributed by atoms with Crippen molar-refractivity contribution >= 4 is 11.8 Å². The van der Waals surface area contributed by atoms with Gasteiger partial charge in [-0.3, -0.25) is 9.59 Å². The molecule has 5 nitrogen and oxygen atoms in total. The molecule has 0 saturated carbocycles. The van der Waals surface area contributed by atoms with Crippen molar-refractivity contribution in [1.29, 1.82) is 0 Å². The molecule has 0 aliphatic rings. The topological polar surface area (TPSA) is 58.6 Å². The molecule has 0 saturated heterocycles. The predicted octanol–water partition coefficient (Wildman–Crippen LogP) is 3.93. The van der Waals surface area contributed by atoms with Crippen LogP contribution in [0.25, 0.3) is 0 Å². The number of carbonyl (C=O) groups is 2. The predicted molar refractivity (Wildman–Crippen MR) is 116 cm³/mol. The maximum Gasteiger partial charge on any atom is 0.261 e. The molecule has 2 rings (SSSR count). The summed E-state index contributed by atoms with van der Waals surface area (Å²) in [5.41, 5.74) is 4.16. The molecule has 0 aliphatic heterocycles. The molecule has 29 heavy (non-hydrogen) atoms. The Hall–Kier alpha value is -2.82. The molecule has 0 aromatic heterocycles. The number of rotatable bonds is 9. The lowest BCUT2D eigenvalue weighted by molar-refractivity contribution is -0.142. The Morgan fingerprint density at radius 1 is 1.03 bits per heavy atom. The summed E-state index contributed by atoms with van der Waals surface area (Å²) in [6.45, 7) is 10.5. The zero-order valence-electron chi connectivity index (χ0n) is 18.1. The number of carbonyl (C=O) groups excluding carboxylic acids is 2. The van der Waals surface area contributed by atoms with E-state index in [1.807, 2.05) is 77.1 Å². The third kappa shape index (κ3) is 6.34. The molecule has 2 aromatic carbocycles. The molecule has 0 aliphatic carbocycles. The minimum absolute atomic E-state index is 0.105. The van der Waals surface area contributed by atoms with Gasteiger partial charge in [-0.2, -0.15) is 0 Å². The molecule has 156 valence electrons. The molecule has 2 aromatic rings. The van der Waals surface area contributed by atoms with Crippen LogP contribution in [0.5, 0.6) is 5.75 Å². The van der Waals surface area contributed by atoms with Crippen LogP contribution in [0.4, 0.5) is 0 Å². The molecule has 1 N–H and O–H groups in total. The van der Waals surface area contributed by atoms with E-state index in [0.29, 0.717) is 25.3 Å². The second-order valence-corrected chi connectivity index (χ2v) is 7.39. The van der Waals surface area contributed by atoms with Crippen LogP contribution < -0.4 is 10.1 Å². The van der Waals surface area contributed by atoms with E-state index >= 15 is 0 Å². The Morgan fingerprint density at radius 3 is 2.41 bits per heavy atom. The monoisotopic (exact) mass is 396 g/mol. The maximum absolute atomic E-state index is 13.1. The van der Waals surface area contributed by atoms with Crippen molar-refractivity contribution in [3.63, 3.8) is 0 Å². The standard InChI is InChI=1S/C24H32N2O3/c1-6-21(24(28)25-7-2)26(15-20-10-8-9-17(3)13-20)23(27)16-29-22-14-18(4)11-12-19(22)5/h8-14,21H,6-7,15-16H2,1-5H3,(H,25,28)/t21-/m0/s1. The van der Waals surface area contributed by atoms with E-state index in [2.05, 4.69) is 5.32 Å². The number of amides is 2. The molecule has 2 amide bonds. The van der Waals surface area contributed by atoms with Crippen LogP contribution in [0.2, 0.25) is 0 Å².